The maximum absolute atomic E-state index is 11.6. The molecule has 0 spiro atoms. The monoisotopic (exact) mass is 233 g/mol. The summed E-state index contributed by atoms with van der Waals surface area (Å²) in [7, 11) is -3.24. The summed E-state index contributed by atoms with van der Waals surface area (Å²) in [5, 5.41) is 0. The average molecular weight is 234 g/mol. The number of sulfone groups is 1. The quantitative estimate of drug-likeness (QED) is 0.638. The number of hydrogen-bond donors (Lipinski definition) is 1. The molecular weight excluding hydrogens is 222 g/mol. The molecular formula is C9H12ClNO2S. The summed E-state index contributed by atoms with van der Waals surface area (Å²) >= 11 is 5.68. The van der Waals surface area contributed by atoms with E-state index in [1.54, 1.807) is 25.1 Å². The Labute approximate surface area is 88.8 Å². The van der Waals surface area contributed by atoms with E-state index in [1.807, 2.05) is 0 Å². The van der Waals surface area contributed by atoms with Gasteiger partial charge in [-0.3, -0.25) is 0 Å². The van der Waals surface area contributed by atoms with Crippen LogP contribution in [0, 0.1) is 0 Å². The van der Waals surface area contributed by atoms with Crippen molar-refractivity contribution in [3.8, 4) is 0 Å². The van der Waals surface area contributed by atoms with Gasteiger partial charge in [0.25, 0.3) is 0 Å². The van der Waals surface area contributed by atoms with E-state index in [-0.39, 0.29) is 10.6 Å². The molecule has 78 valence electrons. The molecule has 1 rings (SSSR count). The normalized spacial score (nSPS) is 13.9. The zero-order valence-corrected chi connectivity index (χ0v) is 9.35. The predicted molar refractivity (Wildman–Crippen MR) is 57.0 cm³/mol. The smallest absolute Gasteiger partial charge is 0.178 e. The third-order valence-corrected chi connectivity index (χ3v) is 3.97. The van der Waals surface area contributed by atoms with Crippen LogP contribution in [0.1, 0.15) is 18.0 Å². The van der Waals surface area contributed by atoms with Crippen LogP contribution in [-0.4, -0.2) is 14.2 Å². The van der Waals surface area contributed by atoms with Crippen LogP contribution >= 0.6 is 11.6 Å². The summed E-state index contributed by atoms with van der Waals surface area (Å²) in [6, 6.07) is 6.52. The summed E-state index contributed by atoms with van der Waals surface area (Å²) in [5.74, 6) is 0.0492. The van der Waals surface area contributed by atoms with Crippen molar-refractivity contribution in [2.45, 2.75) is 17.3 Å². The predicted octanol–water partition coefficient (Wildman–Crippen LogP) is 1.68. The Morgan fingerprint density at radius 2 is 2.00 bits per heavy atom. The highest BCUT2D eigenvalue weighted by molar-refractivity contribution is 7.91. The van der Waals surface area contributed by atoms with E-state index in [9.17, 15) is 8.42 Å². The molecule has 0 aliphatic carbocycles. The summed E-state index contributed by atoms with van der Waals surface area (Å²) in [6.45, 7) is 1.59. The minimum atomic E-state index is -3.24. The number of rotatable bonds is 3. The lowest BCUT2D eigenvalue weighted by molar-refractivity contribution is 0.596. The Kier molecular flexibility index (Phi) is 3.53. The van der Waals surface area contributed by atoms with Gasteiger partial charge in [0.05, 0.1) is 10.6 Å². The number of alkyl halides is 1. The van der Waals surface area contributed by atoms with Crippen LogP contribution in [-0.2, 0) is 9.84 Å². The van der Waals surface area contributed by atoms with Crippen LogP contribution in [0.5, 0.6) is 0 Å². The number of hydrogen-bond acceptors (Lipinski definition) is 3. The molecule has 0 aliphatic heterocycles. The Balaban J connectivity index is 3.35. The molecule has 0 heterocycles. The van der Waals surface area contributed by atoms with Crippen molar-refractivity contribution in [1.29, 1.82) is 0 Å². The maximum atomic E-state index is 11.6. The highest BCUT2D eigenvalue weighted by Crippen LogP contribution is 2.23. The van der Waals surface area contributed by atoms with Crippen molar-refractivity contribution in [3.05, 3.63) is 29.8 Å². The molecule has 2 N–H and O–H groups in total. The lowest BCUT2D eigenvalue weighted by Crippen LogP contribution is -2.11. The van der Waals surface area contributed by atoms with Gasteiger partial charge in [-0.15, -0.1) is 11.6 Å². The van der Waals surface area contributed by atoms with E-state index in [4.69, 9.17) is 17.3 Å². The van der Waals surface area contributed by atoms with Gasteiger partial charge in [0.1, 0.15) is 5.50 Å². The number of benzene rings is 1. The van der Waals surface area contributed by atoms with Crippen LogP contribution in [0.15, 0.2) is 29.2 Å². The second-order valence-electron chi connectivity index (χ2n) is 2.84. The molecule has 1 unspecified atom stereocenters. The first-order chi connectivity index (χ1) is 6.49. The van der Waals surface area contributed by atoms with Gasteiger partial charge in [0.2, 0.25) is 0 Å². The zero-order chi connectivity index (χ0) is 10.8. The fraction of sp³-hybridized carbons (Fsp3) is 0.333. The van der Waals surface area contributed by atoms with E-state index in [0.717, 1.165) is 0 Å². The molecule has 0 amide bonds. The summed E-state index contributed by atoms with van der Waals surface area (Å²) in [5.41, 5.74) is 5.14. The van der Waals surface area contributed by atoms with Gasteiger partial charge in [-0.1, -0.05) is 25.1 Å². The van der Waals surface area contributed by atoms with Crippen molar-refractivity contribution >= 4 is 21.4 Å². The Bertz CT molecular complexity index is 415. The van der Waals surface area contributed by atoms with Crippen LogP contribution in [0.25, 0.3) is 0 Å². The average Bonchev–Trinajstić information content (AvgIpc) is 2.18. The van der Waals surface area contributed by atoms with Gasteiger partial charge in [-0.2, -0.15) is 0 Å². The standard InChI is InChI=1S/C9H12ClNO2S/c1-2-14(12,13)8-6-4-3-5-7(8)9(10)11/h3-6,9H,2,11H2,1H3. The minimum absolute atomic E-state index is 0.0492. The Morgan fingerprint density at radius 3 is 2.50 bits per heavy atom. The van der Waals surface area contributed by atoms with Crippen molar-refractivity contribution in [3.63, 3.8) is 0 Å². The second kappa shape index (κ2) is 4.29. The van der Waals surface area contributed by atoms with E-state index in [2.05, 4.69) is 0 Å². The molecule has 0 aliphatic rings. The summed E-state index contributed by atoms with van der Waals surface area (Å²) < 4.78 is 23.2. The molecule has 0 aromatic heterocycles. The third-order valence-electron chi connectivity index (χ3n) is 1.93. The van der Waals surface area contributed by atoms with Crippen LogP contribution in [0.4, 0.5) is 0 Å². The molecule has 1 atom stereocenters. The molecule has 1 aromatic carbocycles. The van der Waals surface area contributed by atoms with Crippen molar-refractivity contribution in [2.24, 2.45) is 5.73 Å². The van der Waals surface area contributed by atoms with E-state index < -0.39 is 15.3 Å². The lowest BCUT2D eigenvalue weighted by Gasteiger charge is -2.10. The fourth-order valence-corrected chi connectivity index (χ4v) is 2.55. The van der Waals surface area contributed by atoms with Gasteiger partial charge in [0, 0.05) is 5.56 Å². The molecule has 14 heavy (non-hydrogen) atoms. The van der Waals surface area contributed by atoms with Gasteiger partial charge >= 0.3 is 0 Å². The molecule has 0 fully saturated rings. The summed E-state index contributed by atoms with van der Waals surface area (Å²) in [6.07, 6.45) is 0. The lowest BCUT2D eigenvalue weighted by atomic mass is 10.2. The van der Waals surface area contributed by atoms with E-state index in [1.165, 1.54) is 6.07 Å². The van der Waals surface area contributed by atoms with Gasteiger partial charge < -0.3 is 5.73 Å². The fourth-order valence-electron chi connectivity index (χ4n) is 1.15. The molecule has 0 saturated heterocycles. The SMILES string of the molecule is CCS(=O)(=O)c1ccccc1C(N)Cl. The topological polar surface area (TPSA) is 60.2 Å². The van der Waals surface area contributed by atoms with Crippen molar-refractivity contribution in [1.82, 2.24) is 0 Å². The molecule has 0 bridgehead atoms. The van der Waals surface area contributed by atoms with Crippen LogP contribution in [0.3, 0.4) is 0 Å². The molecule has 0 radical (unpaired) electrons. The van der Waals surface area contributed by atoms with Gasteiger partial charge in [-0.25, -0.2) is 8.42 Å². The first kappa shape index (κ1) is 11.5. The minimum Gasteiger partial charge on any atom is -0.312 e. The molecule has 5 heteroatoms. The van der Waals surface area contributed by atoms with Gasteiger partial charge in [-0.05, 0) is 6.07 Å². The highest BCUT2D eigenvalue weighted by atomic mass is 35.5. The van der Waals surface area contributed by atoms with Crippen molar-refractivity contribution in [2.75, 3.05) is 5.75 Å². The van der Waals surface area contributed by atoms with Crippen LogP contribution in [0.2, 0.25) is 0 Å². The third kappa shape index (κ3) is 2.26. The van der Waals surface area contributed by atoms with E-state index >= 15 is 0 Å². The molecule has 3 nitrogen and oxygen atoms in total. The van der Waals surface area contributed by atoms with Gasteiger partial charge in [0.15, 0.2) is 9.84 Å². The first-order valence-electron chi connectivity index (χ1n) is 4.20. The van der Waals surface area contributed by atoms with Crippen LogP contribution < -0.4 is 5.73 Å². The zero-order valence-electron chi connectivity index (χ0n) is 7.77. The first-order valence-corrected chi connectivity index (χ1v) is 6.29. The van der Waals surface area contributed by atoms with Crippen molar-refractivity contribution < 1.29 is 8.42 Å². The van der Waals surface area contributed by atoms with E-state index in [0.29, 0.717) is 5.56 Å². The second-order valence-corrected chi connectivity index (χ2v) is 5.56. The molecule has 1 aromatic rings. The number of nitrogens with two attached hydrogens (primary N) is 1. The number of halogens is 1. The maximum Gasteiger partial charge on any atom is 0.178 e. The highest BCUT2D eigenvalue weighted by Gasteiger charge is 2.18. The Hall–Kier alpha value is -0.580. The Morgan fingerprint density at radius 1 is 1.43 bits per heavy atom. The summed E-state index contributed by atoms with van der Waals surface area (Å²) in [4.78, 5) is 0.227. The largest absolute Gasteiger partial charge is 0.312 e. The molecule has 0 saturated carbocycles.